The highest BCUT2D eigenvalue weighted by molar-refractivity contribution is 5.73. The molecule has 4 unspecified atom stereocenters. The van der Waals surface area contributed by atoms with E-state index in [-0.39, 0.29) is 17.5 Å². The number of hydrogen-bond acceptors (Lipinski definition) is 4. The maximum atomic E-state index is 12.1. The Morgan fingerprint density at radius 3 is 2.65 bits per heavy atom. The Hall–Kier alpha value is -0.610. The number of ether oxygens (including phenoxy) is 2. The van der Waals surface area contributed by atoms with Gasteiger partial charge in [-0.3, -0.25) is 4.79 Å². The molecule has 2 rings (SSSR count). The number of esters is 1. The Bertz CT molecular complexity index is 337. The van der Waals surface area contributed by atoms with Crippen LogP contribution in [0.3, 0.4) is 0 Å². The van der Waals surface area contributed by atoms with Crippen LogP contribution in [0, 0.1) is 11.8 Å². The monoisotopic (exact) mass is 283 g/mol. The number of carbonyl (C=O) groups is 1. The molecule has 0 aromatic carbocycles. The molecule has 0 bridgehead atoms. The van der Waals surface area contributed by atoms with E-state index in [1.165, 1.54) is 0 Å². The van der Waals surface area contributed by atoms with E-state index in [0.29, 0.717) is 18.0 Å². The first-order chi connectivity index (χ1) is 9.35. The van der Waals surface area contributed by atoms with Gasteiger partial charge in [0.2, 0.25) is 0 Å². The molecule has 4 nitrogen and oxygen atoms in total. The van der Waals surface area contributed by atoms with E-state index in [4.69, 9.17) is 9.47 Å². The smallest absolute Gasteiger partial charge is 0.309 e. The average Bonchev–Trinajstić information content (AvgIpc) is 2.79. The summed E-state index contributed by atoms with van der Waals surface area (Å²) in [4.78, 5) is 12.1. The number of hydrogen-bond donors (Lipinski definition) is 1. The van der Waals surface area contributed by atoms with Gasteiger partial charge in [-0.15, -0.1) is 0 Å². The van der Waals surface area contributed by atoms with Gasteiger partial charge in [0, 0.05) is 18.7 Å². The topological polar surface area (TPSA) is 47.6 Å². The Morgan fingerprint density at radius 2 is 2.00 bits per heavy atom. The second-order valence-electron chi connectivity index (χ2n) is 7.35. The minimum absolute atomic E-state index is 0.0261. The number of carbonyl (C=O) groups excluding carboxylic acids is 1. The molecule has 0 spiro atoms. The largest absolute Gasteiger partial charge is 0.460 e. The first kappa shape index (κ1) is 15.8. The summed E-state index contributed by atoms with van der Waals surface area (Å²) >= 11 is 0. The lowest BCUT2D eigenvalue weighted by Crippen LogP contribution is -2.45. The van der Waals surface area contributed by atoms with Crippen LogP contribution in [0.1, 0.15) is 53.4 Å². The van der Waals surface area contributed by atoms with Crippen molar-refractivity contribution in [2.75, 3.05) is 13.2 Å². The van der Waals surface area contributed by atoms with Crippen LogP contribution in [0.25, 0.3) is 0 Å². The third-order valence-electron chi connectivity index (χ3n) is 4.26. The molecule has 0 aromatic rings. The SMILES string of the molecule is CC1COCCC1NC1CCC(C(=O)OC(C)(C)C)C1. The zero-order valence-corrected chi connectivity index (χ0v) is 13.3. The molecule has 1 saturated heterocycles. The third-order valence-corrected chi connectivity index (χ3v) is 4.26. The lowest BCUT2D eigenvalue weighted by atomic mass is 9.96. The second-order valence-corrected chi connectivity index (χ2v) is 7.35. The average molecular weight is 283 g/mol. The van der Waals surface area contributed by atoms with Crippen LogP contribution in [0.4, 0.5) is 0 Å². The summed E-state index contributed by atoms with van der Waals surface area (Å²) in [7, 11) is 0. The van der Waals surface area contributed by atoms with Crippen molar-refractivity contribution in [2.24, 2.45) is 11.8 Å². The molecule has 0 amide bonds. The standard InChI is InChI=1S/C16H29NO3/c1-11-10-19-8-7-14(11)17-13-6-5-12(9-13)15(18)20-16(2,3)4/h11-14,17H,5-10H2,1-4H3. The van der Waals surface area contributed by atoms with E-state index < -0.39 is 0 Å². The van der Waals surface area contributed by atoms with Gasteiger partial charge in [-0.1, -0.05) is 6.92 Å². The van der Waals surface area contributed by atoms with Crippen molar-refractivity contribution in [3.8, 4) is 0 Å². The highest BCUT2D eigenvalue weighted by atomic mass is 16.6. The molecular formula is C16H29NO3. The van der Waals surface area contributed by atoms with E-state index in [1.807, 2.05) is 20.8 Å². The fourth-order valence-corrected chi connectivity index (χ4v) is 3.16. The minimum atomic E-state index is -0.377. The van der Waals surface area contributed by atoms with Crippen LogP contribution in [0.5, 0.6) is 0 Å². The lowest BCUT2D eigenvalue weighted by Gasteiger charge is -2.32. The van der Waals surface area contributed by atoms with Gasteiger partial charge in [-0.2, -0.15) is 0 Å². The summed E-state index contributed by atoms with van der Waals surface area (Å²) in [5.41, 5.74) is -0.377. The van der Waals surface area contributed by atoms with Crippen molar-refractivity contribution < 1.29 is 14.3 Å². The zero-order chi connectivity index (χ0) is 14.8. The van der Waals surface area contributed by atoms with E-state index in [9.17, 15) is 4.79 Å². The highest BCUT2D eigenvalue weighted by Crippen LogP contribution is 2.29. The van der Waals surface area contributed by atoms with Crippen molar-refractivity contribution in [1.29, 1.82) is 0 Å². The molecule has 2 fully saturated rings. The van der Waals surface area contributed by atoms with E-state index in [1.54, 1.807) is 0 Å². The van der Waals surface area contributed by atoms with Gasteiger partial charge >= 0.3 is 5.97 Å². The molecule has 20 heavy (non-hydrogen) atoms. The van der Waals surface area contributed by atoms with Crippen LogP contribution in [0.2, 0.25) is 0 Å². The normalized spacial score (nSPS) is 35.0. The minimum Gasteiger partial charge on any atom is -0.460 e. The summed E-state index contributed by atoms with van der Waals surface area (Å²) in [5.74, 6) is 0.605. The van der Waals surface area contributed by atoms with Gasteiger partial charge in [-0.05, 0) is 52.4 Å². The van der Waals surface area contributed by atoms with Crippen molar-refractivity contribution >= 4 is 5.97 Å². The summed E-state index contributed by atoms with van der Waals surface area (Å²) in [6.45, 7) is 9.72. The first-order valence-corrected chi connectivity index (χ1v) is 7.92. The van der Waals surface area contributed by atoms with Gasteiger partial charge in [0.15, 0.2) is 0 Å². The molecule has 2 aliphatic rings. The molecule has 1 aliphatic carbocycles. The second kappa shape index (κ2) is 6.44. The first-order valence-electron chi connectivity index (χ1n) is 7.92. The Labute approximate surface area is 122 Å². The van der Waals surface area contributed by atoms with Crippen LogP contribution in [0.15, 0.2) is 0 Å². The molecule has 116 valence electrons. The molecule has 0 radical (unpaired) electrons. The summed E-state index contributed by atoms with van der Waals surface area (Å²) in [6, 6.07) is 0.990. The summed E-state index contributed by atoms with van der Waals surface area (Å²) in [5, 5.41) is 3.73. The number of nitrogens with one attached hydrogen (secondary N) is 1. The molecule has 0 aromatic heterocycles. The maximum absolute atomic E-state index is 12.1. The van der Waals surface area contributed by atoms with Crippen LogP contribution in [-0.4, -0.2) is 36.9 Å². The molecular weight excluding hydrogens is 254 g/mol. The molecule has 1 aliphatic heterocycles. The van der Waals surface area contributed by atoms with Crippen LogP contribution in [-0.2, 0) is 14.3 Å². The summed E-state index contributed by atoms with van der Waals surface area (Å²) < 4.78 is 11.0. The zero-order valence-electron chi connectivity index (χ0n) is 13.3. The van der Waals surface area contributed by atoms with E-state index in [0.717, 1.165) is 38.9 Å². The van der Waals surface area contributed by atoms with Gasteiger partial charge < -0.3 is 14.8 Å². The van der Waals surface area contributed by atoms with Gasteiger partial charge in [-0.25, -0.2) is 0 Å². The van der Waals surface area contributed by atoms with Gasteiger partial charge in [0.05, 0.1) is 12.5 Å². The lowest BCUT2D eigenvalue weighted by molar-refractivity contribution is -0.159. The summed E-state index contributed by atoms with van der Waals surface area (Å²) in [6.07, 6.45) is 4.02. The van der Waals surface area contributed by atoms with Gasteiger partial charge in [0.1, 0.15) is 5.60 Å². The molecule has 4 atom stereocenters. The molecule has 1 heterocycles. The predicted molar refractivity (Wildman–Crippen MR) is 78.5 cm³/mol. The van der Waals surface area contributed by atoms with Crippen molar-refractivity contribution in [3.63, 3.8) is 0 Å². The van der Waals surface area contributed by atoms with Gasteiger partial charge in [0.25, 0.3) is 0 Å². The molecule has 4 heteroatoms. The van der Waals surface area contributed by atoms with E-state index >= 15 is 0 Å². The highest BCUT2D eigenvalue weighted by Gasteiger charge is 2.34. The quantitative estimate of drug-likeness (QED) is 0.809. The Balaban J connectivity index is 1.78. The van der Waals surface area contributed by atoms with Crippen LogP contribution >= 0.6 is 0 Å². The Morgan fingerprint density at radius 1 is 1.25 bits per heavy atom. The predicted octanol–water partition coefficient (Wildman–Crippen LogP) is 2.51. The number of rotatable bonds is 3. The molecule has 1 saturated carbocycles. The van der Waals surface area contributed by atoms with Crippen molar-refractivity contribution in [1.82, 2.24) is 5.32 Å². The molecule has 1 N–H and O–H groups in total. The fourth-order valence-electron chi connectivity index (χ4n) is 3.16. The van der Waals surface area contributed by atoms with Crippen molar-refractivity contribution in [2.45, 2.75) is 71.1 Å². The fraction of sp³-hybridized carbons (Fsp3) is 0.938. The maximum Gasteiger partial charge on any atom is 0.309 e. The van der Waals surface area contributed by atoms with E-state index in [2.05, 4.69) is 12.2 Å². The van der Waals surface area contributed by atoms with Crippen LogP contribution < -0.4 is 5.32 Å². The Kier molecular flexibility index (Phi) is 5.08. The van der Waals surface area contributed by atoms with Crippen molar-refractivity contribution in [3.05, 3.63) is 0 Å². The third kappa shape index (κ3) is 4.45.